The van der Waals surface area contributed by atoms with Crippen LogP contribution in [0.1, 0.15) is 28.6 Å². The molecule has 134 valence electrons. The number of hydrogen-bond acceptors (Lipinski definition) is 5. The second-order valence-corrected chi connectivity index (χ2v) is 5.59. The third-order valence-corrected chi connectivity index (χ3v) is 3.92. The minimum atomic E-state index is -0.396. The number of aryl methyl sites for hydroxylation is 1. The highest BCUT2D eigenvalue weighted by Crippen LogP contribution is 2.27. The molecule has 1 aromatic heterocycles. The first-order valence-electron chi connectivity index (χ1n) is 8.26. The monoisotopic (exact) mass is 352 g/mol. The molecule has 3 rings (SSSR count). The summed E-state index contributed by atoms with van der Waals surface area (Å²) in [5, 5.41) is 4.91. The van der Waals surface area contributed by atoms with Gasteiger partial charge in [0, 0.05) is 10.9 Å². The molecule has 3 aromatic rings. The van der Waals surface area contributed by atoms with Crippen molar-refractivity contribution < 1.29 is 18.7 Å². The van der Waals surface area contributed by atoms with Crippen LogP contribution in [0.15, 0.2) is 52.0 Å². The number of amides is 1. The Balaban J connectivity index is 1.73. The summed E-state index contributed by atoms with van der Waals surface area (Å²) in [6.07, 6.45) is 1.54. The van der Waals surface area contributed by atoms with Crippen molar-refractivity contribution in [1.29, 1.82) is 0 Å². The molecule has 0 unspecified atom stereocenters. The van der Waals surface area contributed by atoms with E-state index in [2.05, 4.69) is 10.5 Å². The van der Waals surface area contributed by atoms with Gasteiger partial charge in [-0.3, -0.25) is 4.79 Å². The topological polar surface area (TPSA) is 73.1 Å². The zero-order chi connectivity index (χ0) is 18.5. The fraction of sp³-hybridized carbons (Fsp3) is 0.200. The van der Waals surface area contributed by atoms with Gasteiger partial charge in [0.05, 0.1) is 19.9 Å². The molecule has 0 fully saturated rings. The normalized spacial score (nSPS) is 11.0. The Morgan fingerprint density at radius 2 is 2.04 bits per heavy atom. The average molecular weight is 352 g/mol. The smallest absolute Gasteiger partial charge is 0.307 e. The van der Waals surface area contributed by atoms with Crippen molar-refractivity contribution in [2.24, 2.45) is 5.10 Å². The van der Waals surface area contributed by atoms with E-state index >= 15 is 0 Å². The van der Waals surface area contributed by atoms with Crippen molar-refractivity contribution in [3.05, 3.63) is 59.4 Å². The van der Waals surface area contributed by atoms with Gasteiger partial charge in [0.2, 0.25) is 0 Å². The van der Waals surface area contributed by atoms with Crippen LogP contribution in [0.2, 0.25) is 0 Å². The van der Waals surface area contributed by atoms with Gasteiger partial charge in [-0.05, 0) is 43.7 Å². The molecule has 0 bridgehead atoms. The van der Waals surface area contributed by atoms with E-state index in [9.17, 15) is 4.79 Å². The third kappa shape index (κ3) is 3.54. The van der Waals surface area contributed by atoms with Gasteiger partial charge in [-0.25, -0.2) is 5.43 Å². The van der Waals surface area contributed by atoms with Crippen LogP contribution in [-0.4, -0.2) is 25.8 Å². The van der Waals surface area contributed by atoms with E-state index in [1.54, 1.807) is 19.2 Å². The van der Waals surface area contributed by atoms with Gasteiger partial charge in [0.1, 0.15) is 5.58 Å². The van der Waals surface area contributed by atoms with E-state index < -0.39 is 5.91 Å². The summed E-state index contributed by atoms with van der Waals surface area (Å²) < 4.78 is 16.4. The maximum atomic E-state index is 12.3. The number of hydrazone groups is 1. The summed E-state index contributed by atoms with van der Waals surface area (Å²) in [4.78, 5) is 12.3. The molecular formula is C20H20N2O4. The van der Waals surface area contributed by atoms with Gasteiger partial charge in [0.25, 0.3) is 0 Å². The van der Waals surface area contributed by atoms with Crippen molar-refractivity contribution in [1.82, 2.24) is 5.43 Å². The zero-order valence-corrected chi connectivity index (χ0v) is 14.9. The molecule has 6 nitrogen and oxygen atoms in total. The fourth-order valence-electron chi connectivity index (χ4n) is 2.65. The molecule has 1 heterocycles. The summed E-state index contributed by atoms with van der Waals surface area (Å²) in [6, 6.07) is 12.9. The van der Waals surface area contributed by atoms with Crippen LogP contribution in [0, 0.1) is 6.92 Å². The molecule has 26 heavy (non-hydrogen) atoms. The molecule has 0 aliphatic rings. The van der Waals surface area contributed by atoms with Gasteiger partial charge >= 0.3 is 5.91 Å². The number of nitrogens with one attached hydrogen (secondary N) is 1. The van der Waals surface area contributed by atoms with Crippen LogP contribution < -0.4 is 14.9 Å². The highest BCUT2D eigenvalue weighted by molar-refractivity contribution is 5.99. The van der Waals surface area contributed by atoms with E-state index in [0.29, 0.717) is 23.7 Å². The van der Waals surface area contributed by atoms with Crippen LogP contribution >= 0.6 is 0 Å². The van der Waals surface area contributed by atoms with Crippen LogP contribution in [0.4, 0.5) is 0 Å². The van der Waals surface area contributed by atoms with Crippen molar-refractivity contribution in [3.8, 4) is 11.5 Å². The second-order valence-electron chi connectivity index (χ2n) is 5.59. The summed E-state index contributed by atoms with van der Waals surface area (Å²) in [5.41, 5.74) is 4.73. The molecule has 6 heteroatoms. The molecule has 0 radical (unpaired) electrons. The minimum Gasteiger partial charge on any atom is -0.493 e. The lowest BCUT2D eigenvalue weighted by Crippen LogP contribution is -2.17. The molecule has 0 spiro atoms. The molecule has 0 aliphatic heterocycles. The zero-order valence-electron chi connectivity index (χ0n) is 14.9. The molecule has 2 aromatic carbocycles. The number of ether oxygens (including phenoxy) is 2. The number of furan rings is 1. The lowest BCUT2D eigenvalue weighted by atomic mass is 10.1. The summed E-state index contributed by atoms with van der Waals surface area (Å²) in [5.74, 6) is 1.13. The highest BCUT2D eigenvalue weighted by Gasteiger charge is 2.16. The van der Waals surface area contributed by atoms with Gasteiger partial charge in [-0.1, -0.05) is 18.2 Å². The number of benzene rings is 2. The Bertz CT molecular complexity index is 960. The summed E-state index contributed by atoms with van der Waals surface area (Å²) in [6.45, 7) is 4.31. The van der Waals surface area contributed by atoms with Crippen molar-refractivity contribution in [2.75, 3.05) is 13.7 Å². The first-order chi connectivity index (χ1) is 12.6. The van der Waals surface area contributed by atoms with Crippen molar-refractivity contribution in [2.45, 2.75) is 13.8 Å². The Kier molecular flexibility index (Phi) is 5.22. The quantitative estimate of drug-likeness (QED) is 0.539. The molecule has 0 atom stereocenters. The number of rotatable bonds is 6. The number of methoxy groups -OCH3 is 1. The van der Waals surface area contributed by atoms with E-state index in [1.165, 1.54) is 6.21 Å². The van der Waals surface area contributed by atoms with E-state index in [-0.39, 0.29) is 5.76 Å². The Morgan fingerprint density at radius 3 is 2.77 bits per heavy atom. The van der Waals surface area contributed by atoms with E-state index in [1.807, 2.05) is 44.2 Å². The number of carbonyl (C=O) groups is 1. The SMILES string of the molecule is CCOc1ccc(/C=N\NC(=O)c2oc3ccccc3c2C)cc1OC. The first kappa shape index (κ1) is 17.5. The number of nitrogens with zero attached hydrogens (tertiary/aromatic N) is 1. The maximum Gasteiger partial charge on any atom is 0.307 e. The van der Waals surface area contributed by atoms with Gasteiger partial charge in [-0.15, -0.1) is 0 Å². The number of carbonyl (C=O) groups excluding carboxylic acids is 1. The number of hydrogen-bond donors (Lipinski definition) is 1. The van der Waals surface area contributed by atoms with Crippen LogP contribution in [0.3, 0.4) is 0 Å². The molecular weight excluding hydrogens is 332 g/mol. The van der Waals surface area contributed by atoms with E-state index in [0.717, 1.165) is 16.5 Å². The standard InChI is InChI=1S/C20H20N2O4/c1-4-25-17-10-9-14(11-18(17)24-3)12-21-22-20(23)19-13(2)15-7-5-6-8-16(15)26-19/h5-12H,4H2,1-3H3,(H,22,23)/b21-12-. The highest BCUT2D eigenvalue weighted by atomic mass is 16.5. The fourth-order valence-corrected chi connectivity index (χ4v) is 2.65. The van der Waals surface area contributed by atoms with Crippen molar-refractivity contribution >= 4 is 23.1 Å². The van der Waals surface area contributed by atoms with Crippen LogP contribution in [-0.2, 0) is 0 Å². The predicted molar refractivity (Wildman–Crippen MR) is 100 cm³/mol. The van der Waals surface area contributed by atoms with Gasteiger partial charge < -0.3 is 13.9 Å². The second kappa shape index (κ2) is 7.74. The van der Waals surface area contributed by atoms with Gasteiger partial charge in [0.15, 0.2) is 17.3 Å². The van der Waals surface area contributed by atoms with Crippen molar-refractivity contribution in [3.63, 3.8) is 0 Å². The lowest BCUT2D eigenvalue weighted by molar-refractivity contribution is 0.0929. The molecule has 0 saturated heterocycles. The van der Waals surface area contributed by atoms with E-state index in [4.69, 9.17) is 13.9 Å². The van der Waals surface area contributed by atoms with Gasteiger partial charge in [-0.2, -0.15) is 5.10 Å². The maximum absolute atomic E-state index is 12.3. The Labute approximate surface area is 151 Å². The molecule has 0 aliphatic carbocycles. The number of fused-ring (bicyclic) bond motifs is 1. The van der Waals surface area contributed by atoms with Crippen LogP contribution in [0.25, 0.3) is 11.0 Å². The number of para-hydroxylation sites is 1. The third-order valence-electron chi connectivity index (χ3n) is 3.92. The predicted octanol–water partition coefficient (Wildman–Crippen LogP) is 3.91. The Morgan fingerprint density at radius 1 is 1.23 bits per heavy atom. The van der Waals surface area contributed by atoms with Crippen LogP contribution in [0.5, 0.6) is 11.5 Å². The largest absolute Gasteiger partial charge is 0.493 e. The first-order valence-corrected chi connectivity index (χ1v) is 8.26. The summed E-state index contributed by atoms with van der Waals surface area (Å²) >= 11 is 0. The Hall–Kier alpha value is -3.28. The minimum absolute atomic E-state index is 0.257. The summed E-state index contributed by atoms with van der Waals surface area (Å²) in [7, 11) is 1.57. The molecule has 1 N–H and O–H groups in total. The molecule has 1 amide bonds. The lowest BCUT2D eigenvalue weighted by Gasteiger charge is -2.09. The average Bonchev–Trinajstić information content (AvgIpc) is 3.00. The molecule has 0 saturated carbocycles.